The molecule has 218 valence electrons. The third kappa shape index (κ3) is 10.3. The smallest absolute Gasteiger partial charge is 0.359 e. The van der Waals surface area contributed by atoms with Crippen molar-refractivity contribution in [3.05, 3.63) is 35.3 Å². The lowest BCUT2D eigenvalue weighted by Gasteiger charge is -2.24. The number of imidazole rings is 1. The van der Waals surface area contributed by atoms with E-state index < -0.39 is 5.97 Å². The van der Waals surface area contributed by atoms with Gasteiger partial charge in [0.05, 0.1) is 17.4 Å². The Morgan fingerprint density at radius 2 is 1.64 bits per heavy atom. The van der Waals surface area contributed by atoms with Crippen LogP contribution in [0.15, 0.2) is 18.3 Å². The number of amides is 1. The molecule has 9 heteroatoms. The molecule has 1 fully saturated rings. The number of hydrogen-bond acceptors (Lipinski definition) is 6. The van der Waals surface area contributed by atoms with Gasteiger partial charge in [-0.25, -0.2) is 9.78 Å². The van der Waals surface area contributed by atoms with Crippen LogP contribution >= 0.6 is 0 Å². The number of hydrogen-bond donors (Lipinski definition) is 1. The van der Waals surface area contributed by atoms with Crippen LogP contribution in [0.2, 0.25) is 0 Å². The van der Waals surface area contributed by atoms with E-state index in [1.54, 1.807) is 0 Å². The highest BCUT2D eigenvalue weighted by atomic mass is 16.5. The first-order valence-electron chi connectivity index (χ1n) is 14.4. The molecule has 1 aliphatic heterocycles. The number of ether oxygens (including phenoxy) is 1. The summed E-state index contributed by atoms with van der Waals surface area (Å²) in [5, 5.41) is 6.89. The summed E-state index contributed by atoms with van der Waals surface area (Å²) in [6.45, 7) is 17.0. The highest BCUT2D eigenvalue weighted by Gasteiger charge is 2.24. The summed E-state index contributed by atoms with van der Waals surface area (Å²) >= 11 is 0. The number of rotatable bonds is 13. The van der Waals surface area contributed by atoms with Crippen LogP contribution in [0.1, 0.15) is 100 Å². The van der Waals surface area contributed by atoms with Crippen molar-refractivity contribution in [2.24, 2.45) is 11.8 Å². The second-order valence-electron chi connectivity index (χ2n) is 11.4. The van der Waals surface area contributed by atoms with Crippen molar-refractivity contribution < 1.29 is 24.2 Å². The van der Waals surface area contributed by atoms with E-state index in [2.05, 4.69) is 37.6 Å². The molecule has 0 unspecified atom stereocenters. The maximum Gasteiger partial charge on any atom is 0.359 e. The predicted molar refractivity (Wildman–Crippen MR) is 153 cm³/mol. The number of aryl methyl sites for hydroxylation is 1. The molecule has 0 aromatic carbocycles. The highest BCUT2D eigenvalue weighted by molar-refractivity contribution is 5.95. The Morgan fingerprint density at radius 1 is 1.05 bits per heavy atom. The number of likely N-dealkylation sites (tertiary alicyclic amines) is 1. The number of pyridine rings is 1. The molecule has 0 saturated carbocycles. The Kier molecular flexibility index (Phi) is 13.4. The van der Waals surface area contributed by atoms with Crippen LogP contribution in [0.5, 0.6) is 0 Å². The molecule has 9 nitrogen and oxygen atoms in total. The average molecular weight is 545 g/mol. The summed E-state index contributed by atoms with van der Waals surface area (Å²) in [5.74, 6) is 0.717. The van der Waals surface area contributed by atoms with E-state index in [1.807, 2.05) is 41.5 Å². The van der Waals surface area contributed by atoms with Gasteiger partial charge < -0.3 is 24.0 Å². The summed E-state index contributed by atoms with van der Waals surface area (Å²) in [7, 11) is 0. The molecular formula is C30H48N4O5. The number of carboxylic acid groups (broad SMARTS) is 1. The van der Waals surface area contributed by atoms with Crippen molar-refractivity contribution in [1.82, 2.24) is 19.2 Å². The van der Waals surface area contributed by atoms with Gasteiger partial charge in [-0.3, -0.25) is 9.59 Å². The van der Waals surface area contributed by atoms with Gasteiger partial charge in [-0.2, -0.15) is 0 Å². The summed E-state index contributed by atoms with van der Waals surface area (Å²) in [6.07, 6.45) is 7.78. The minimum atomic E-state index is -0.395. The minimum absolute atomic E-state index is 0.0428. The maximum absolute atomic E-state index is 13.6. The molecule has 2 aromatic rings. The topological polar surface area (TPSA) is 104 Å². The molecule has 3 rings (SSSR count). The SMILES string of the molecule is CC(C)CCN(CCC(C)C)C(=O)c1ccc2nc(C(=O)OC(C)C)c(CCCN3CCCC3)n2c1.O=CO. The van der Waals surface area contributed by atoms with E-state index >= 15 is 0 Å². The number of esters is 1. The van der Waals surface area contributed by atoms with Crippen LogP contribution < -0.4 is 0 Å². The van der Waals surface area contributed by atoms with Crippen molar-refractivity contribution in [3.8, 4) is 0 Å². The molecule has 0 radical (unpaired) electrons. The van der Waals surface area contributed by atoms with E-state index in [0.717, 1.165) is 57.7 Å². The van der Waals surface area contributed by atoms with Gasteiger partial charge in [-0.1, -0.05) is 27.7 Å². The molecule has 1 N–H and O–H groups in total. The maximum atomic E-state index is 13.6. The quantitative estimate of drug-likeness (QED) is 0.274. The first-order valence-corrected chi connectivity index (χ1v) is 14.4. The van der Waals surface area contributed by atoms with E-state index in [-0.39, 0.29) is 18.5 Å². The Labute approximate surface area is 233 Å². The fourth-order valence-electron chi connectivity index (χ4n) is 4.69. The minimum Gasteiger partial charge on any atom is -0.483 e. The Bertz CT molecular complexity index is 1050. The van der Waals surface area contributed by atoms with Crippen LogP contribution in [0, 0.1) is 11.8 Å². The normalized spacial score (nSPS) is 13.7. The van der Waals surface area contributed by atoms with E-state index in [4.69, 9.17) is 14.6 Å². The lowest BCUT2D eigenvalue weighted by Crippen LogP contribution is -2.34. The third-order valence-electron chi connectivity index (χ3n) is 6.83. The number of fused-ring (bicyclic) bond motifs is 1. The van der Waals surface area contributed by atoms with Gasteiger partial charge in [0.25, 0.3) is 12.4 Å². The van der Waals surface area contributed by atoms with Crippen LogP contribution in [-0.2, 0) is 16.0 Å². The monoisotopic (exact) mass is 544 g/mol. The van der Waals surface area contributed by atoms with Gasteiger partial charge in [-0.15, -0.1) is 0 Å². The summed E-state index contributed by atoms with van der Waals surface area (Å²) in [5.41, 5.74) is 2.51. The Balaban J connectivity index is 0.00000170. The average Bonchev–Trinajstić information content (AvgIpc) is 3.51. The zero-order chi connectivity index (χ0) is 28.9. The summed E-state index contributed by atoms with van der Waals surface area (Å²) < 4.78 is 7.45. The van der Waals surface area contributed by atoms with Crippen LogP contribution in [0.3, 0.4) is 0 Å². The van der Waals surface area contributed by atoms with Crippen molar-refractivity contribution >= 4 is 24.0 Å². The number of carbonyl (C=O) groups is 3. The lowest BCUT2D eigenvalue weighted by molar-refractivity contribution is -0.122. The van der Waals surface area contributed by atoms with Crippen molar-refractivity contribution in [1.29, 1.82) is 0 Å². The molecule has 2 aromatic heterocycles. The molecule has 0 atom stereocenters. The first kappa shape index (κ1) is 32.3. The zero-order valence-electron chi connectivity index (χ0n) is 24.7. The molecule has 0 aliphatic carbocycles. The molecule has 1 amide bonds. The number of nitrogens with zero attached hydrogens (tertiary/aromatic N) is 4. The van der Waals surface area contributed by atoms with Crippen LogP contribution in [-0.4, -0.2) is 81.5 Å². The fraction of sp³-hybridized carbons (Fsp3) is 0.667. The third-order valence-corrected chi connectivity index (χ3v) is 6.83. The highest BCUT2D eigenvalue weighted by Crippen LogP contribution is 2.20. The largest absolute Gasteiger partial charge is 0.483 e. The van der Waals surface area contributed by atoms with Crippen molar-refractivity contribution in [2.45, 2.75) is 86.2 Å². The molecule has 0 spiro atoms. The Hall–Kier alpha value is -2.94. The summed E-state index contributed by atoms with van der Waals surface area (Å²) in [4.78, 5) is 44.0. The van der Waals surface area contributed by atoms with Crippen LogP contribution in [0.25, 0.3) is 5.65 Å². The van der Waals surface area contributed by atoms with E-state index in [1.165, 1.54) is 12.8 Å². The van der Waals surface area contributed by atoms with Gasteiger partial charge in [-0.05, 0) is 96.0 Å². The lowest BCUT2D eigenvalue weighted by atomic mass is 10.1. The van der Waals surface area contributed by atoms with Gasteiger partial charge in [0, 0.05) is 19.3 Å². The van der Waals surface area contributed by atoms with E-state index in [0.29, 0.717) is 35.2 Å². The molecule has 3 heterocycles. The van der Waals surface area contributed by atoms with Gasteiger partial charge >= 0.3 is 5.97 Å². The van der Waals surface area contributed by atoms with Gasteiger partial charge in [0.2, 0.25) is 0 Å². The van der Waals surface area contributed by atoms with Gasteiger partial charge in [0.1, 0.15) is 5.65 Å². The van der Waals surface area contributed by atoms with Crippen LogP contribution in [0.4, 0.5) is 0 Å². The van der Waals surface area contributed by atoms with E-state index in [9.17, 15) is 9.59 Å². The zero-order valence-corrected chi connectivity index (χ0v) is 24.7. The standard InChI is InChI=1S/C29H46N4O3.CH2O2/c1-21(2)13-18-32(19-14-22(3)4)28(34)24-11-12-26-30-27(29(35)36-23(5)6)25(33(26)20-24)10-9-17-31-15-7-8-16-31;2-1-3/h11-12,20-23H,7-10,13-19H2,1-6H3;1H,(H,2,3). The Morgan fingerprint density at radius 3 is 2.18 bits per heavy atom. The summed E-state index contributed by atoms with van der Waals surface area (Å²) in [6, 6.07) is 3.69. The molecule has 39 heavy (non-hydrogen) atoms. The van der Waals surface area contributed by atoms with Crippen molar-refractivity contribution in [3.63, 3.8) is 0 Å². The predicted octanol–water partition coefficient (Wildman–Crippen LogP) is 5.16. The fourth-order valence-corrected chi connectivity index (χ4v) is 4.69. The molecular weight excluding hydrogens is 496 g/mol. The molecule has 1 aliphatic rings. The first-order chi connectivity index (χ1) is 18.6. The molecule has 1 saturated heterocycles. The van der Waals surface area contributed by atoms with Gasteiger partial charge in [0.15, 0.2) is 5.69 Å². The number of carbonyl (C=O) groups excluding carboxylic acids is 2. The second kappa shape index (κ2) is 16.2. The van der Waals surface area contributed by atoms with Crippen molar-refractivity contribution in [2.75, 3.05) is 32.7 Å². The number of aromatic nitrogens is 2. The second-order valence-corrected chi connectivity index (χ2v) is 11.4. The molecule has 0 bridgehead atoms.